The van der Waals surface area contributed by atoms with E-state index < -0.39 is 5.97 Å². The Morgan fingerprint density at radius 2 is 1.67 bits per heavy atom. The molecule has 0 unspecified atom stereocenters. The second kappa shape index (κ2) is 8.00. The summed E-state index contributed by atoms with van der Waals surface area (Å²) in [4.78, 5) is 10.4. The van der Waals surface area contributed by atoms with Crippen molar-refractivity contribution in [2.75, 3.05) is 7.05 Å². The molecule has 0 aliphatic heterocycles. The molecule has 0 heterocycles. The maximum absolute atomic E-state index is 10.4. The van der Waals surface area contributed by atoms with Gasteiger partial charge in [-0.2, -0.15) is 0 Å². The van der Waals surface area contributed by atoms with Crippen molar-refractivity contribution < 1.29 is 9.90 Å². The highest BCUT2D eigenvalue weighted by Crippen LogP contribution is 2.04. The van der Waals surface area contributed by atoms with Gasteiger partial charge in [0.25, 0.3) is 0 Å². The topological polar surface area (TPSA) is 49.3 Å². The van der Waals surface area contributed by atoms with Crippen LogP contribution in [0.3, 0.4) is 0 Å². The van der Waals surface area contributed by atoms with Crippen LogP contribution in [-0.2, 0) is 17.8 Å². The van der Waals surface area contributed by atoms with E-state index in [9.17, 15) is 4.79 Å². The second-order valence-electron chi connectivity index (χ2n) is 2.92. The van der Waals surface area contributed by atoms with E-state index >= 15 is 0 Å². The first-order valence-electron chi connectivity index (χ1n) is 5.16. The molecule has 84 valence electrons. The van der Waals surface area contributed by atoms with E-state index in [0.717, 1.165) is 17.7 Å². The third kappa shape index (κ3) is 5.86. The summed E-state index contributed by atoms with van der Waals surface area (Å²) in [6, 6.07) is 7.57. The molecule has 0 aromatic heterocycles. The molecule has 1 aromatic carbocycles. The summed E-state index contributed by atoms with van der Waals surface area (Å²) in [7, 11) is 1.88. The largest absolute Gasteiger partial charge is 0.481 e. The summed E-state index contributed by atoms with van der Waals surface area (Å²) in [6.07, 6.45) is 0.0971. The van der Waals surface area contributed by atoms with Gasteiger partial charge in [0.1, 0.15) is 0 Å². The normalized spacial score (nSPS) is 9.00. The lowest BCUT2D eigenvalue weighted by atomic mass is 10.1. The number of rotatable bonds is 4. The average Bonchev–Trinajstić information content (AvgIpc) is 2.24. The van der Waals surface area contributed by atoms with E-state index in [-0.39, 0.29) is 6.42 Å². The average molecular weight is 209 g/mol. The molecular weight excluding hydrogens is 190 g/mol. The molecule has 3 heteroatoms. The van der Waals surface area contributed by atoms with Crippen LogP contribution < -0.4 is 5.32 Å². The molecule has 0 aliphatic carbocycles. The van der Waals surface area contributed by atoms with Crippen LogP contribution in [0.2, 0.25) is 0 Å². The molecule has 2 N–H and O–H groups in total. The van der Waals surface area contributed by atoms with Gasteiger partial charge in [0.15, 0.2) is 0 Å². The highest BCUT2D eigenvalue weighted by Gasteiger charge is 1.99. The van der Waals surface area contributed by atoms with Crippen molar-refractivity contribution in [2.45, 2.75) is 26.8 Å². The molecule has 1 rings (SSSR count). The van der Waals surface area contributed by atoms with E-state index in [4.69, 9.17) is 5.11 Å². The van der Waals surface area contributed by atoms with Crippen LogP contribution in [-0.4, -0.2) is 18.1 Å². The first-order valence-corrected chi connectivity index (χ1v) is 5.16. The Kier molecular flexibility index (Phi) is 7.28. The summed E-state index contributed by atoms with van der Waals surface area (Å²) in [5.41, 5.74) is 2.00. The number of nitrogens with one attached hydrogen (secondary N) is 1. The summed E-state index contributed by atoms with van der Waals surface area (Å²) in [5, 5.41) is 11.6. The minimum Gasteiger partial charge on any atom is -0.481 e. The van der Waals surface area contributed by atoms with Crippen molar-refractivity contribution in [1.82, 2.24) is 5.32 Å². The third-order valence-corrected chi connectivity index (χ3v) is 1.76. The van der Waals surface area contributed by atoms with Gasteiger partial charge in [-0.25, -0.2) is 0 Å². The number of benzene rings is 1. The van der Waals surface area contributed by atoms with Crippen molar-refractivity contribution in [3.63, 3.8) is 0 Å². The minimum atomic E-state index is -0.790. The van der Waals surface area contributed by atoms with Gasteiger partial charge >= 0.3 is 5.97 Å². The van der Waals surface area contributed by atoms with Crippen LogP contribution >= 0.6 is 0 Å². The smallest absolute Gasteiger partial charge is 0.307 e. The zero-order valence-electron chi connectivity index (χ0n) is 9.58. The Balaban J connectivity index is 0.000000921. The van der Waals surface area contributed by atoms with Gasteiger partial charge in [-0.05, 0) is 18.2 Å². The monoisotopic (exact) mass is 209 g/mol. The summed E-state index contributed by atoms with van der Waals surface area (Å²) in [6.45, 7) is 4.81. The summed E-state index contributed by atoms with van der Waals surface area (Å²) in [5.74, 6) is -0.790. The van der Waals surface area contributed by atoms with E-state index in [1.54, 1.807) is 0 Å². The predicted molar refractivity (Wildman–Crippen MR) is 61.9 cm³/mol. The first kappa shape index (κ1) is 13.7. The fourth-order valence-electron chi connectivity index (χ4n) is 1.15. The summed E-state index contributed by atoms with van der Waals surface area (Å²) >= 11 is 0. The molecular formula is C12H19NO2. The van der Waals surface area contributed by atoms with E-state index in [2.05, 4.69) is 5.32 Å². The van der Waals surface area contributed by atoms with Gasteiger partial charge in [-0.15, -0.1) is 0 Å². The van der Waals surface area contributed by atoms with Crippen molar-refractivity contribution >= 4 is 5.97 Å². The Morgan fingerprint density at radius 1 is 1.20 bits per heavy atom. The maximum Gasteiger partial charge on any atom is 0.307 e. The molecule has 3 nitrogen and oxygen atoms in total. The van der Waals surface area contributed by atoms with Gasteiger partial charge in [-0.1, -0.05) is 38.1 Å². The molecule has 0 radical (unpaired) electrons. The van der Waals surface area contributed by atoms with Crippen LogP contribution in [0, 0.1) is 0 Å². The fraction of sp³-hybridized carbons (Fsp3) is 0.417. The first-order chi connectivity index (χ1) is 7.22. The zero-order valence-corrected chi connectivity index (χ0v) is 9.58. The minimum absolute atomic E-state index is 0.0971. The number of carboxylic acids is 1. The number of hydrogen-bond acceptors (Lipinski definition) is 2. The van der Waals surface area contributed by atoms with E-state index in [1.165, 1.54) is 0 Å². The Morgan fingerprint density at radius 3 is 2.07 bits per heavy atom. The van der Waals surface area contributed by atoms with Crippen molar-refractivity contribution in [3.05, 3.63) is 35.4 Å². The quantitative estimate of drug-likeness (QED) is 0.798. The SMILES string of the molecule is CC.CNCc1ccc(CC(=O)O)cc1. The molecule has 1 aromatic rings. The van der Waals surface area contributed by atoms with Gasteiger partial charge < -0.3 is 10.4 Å². The maximum atomic E-state index is 10.4. The molecule has 0 saturated heterocycles. The van der Waals surface area contributed by atoms with Gasteiger partial charge in [0.2, 0.25) is 0 Å². The van der Waals surface area contributed by atoms with Crippen LogP contribution in [0.15, 0.2) is 24.3 Å². The predicted octanol–water partition coefficient (Wildman–Crippen LogP) is 2.06. The molecule has 0 saturated carbocycles. The van der Waals surface area contributed by atoms with Crippen molar-refractivity contribution in [1.29, 1.82) is 0 Å². The molecule has 0 atom stereocenters. The molecule has 15 heavy (non-hydrogen) atoms. The van der Waals surface area contributed by atoms with Crippen LogP contribution in [0.4, 0.5) is 0 Å². The fourth-order valence-corrected chi connectivity index (χ4v) is 1.15. The molecule has 0 bridgehead atoms. The number of carbonyl (C=O) groups is 1. The van der Waals surface area contributed by atoms with Gasteiger partial charge in [0, 0.05) is 6.54 Å². The lowest BCUT2D eigenvalue weighted by molar-refractivity contribution is -0.136. The molecule has 0 spiro atoms. The van der Waals surface area contributed by atoms with Crippen LogP contribution in [0.1, 0.15) is 25.0 Å². The van der Waals surface area contributed by atoms with E-state index in [1.807, 2.05) is 45.2 Å². The Labute approximate surface area is 91.1 Å². The molecule has 0 aliphatic rings. The lowest BCUT2D eigenvalue weighted by Gasteiger charge is -2.01. The van der Waals surface area contributed by atoms with Crippen molar-refractivity contribution in [2.24, 2.45) is 0 Å². The zero-order chi connectivity index (χ0) is 11.7. The van der Waals surface area contributed by atoms with Crippen molar-refractivity contribution in [3.8, 4) is 0 Å². The lowest BCUT2D eigenvalue weighted by Crippen LogP contribution is -2.05. The second-order valence-corrected chi connectivity index (χ2v) is 2.92. The Hall–Kier alpha value is -1.35. The highest BCUT2D eigenvalue weighted by molar-refractivity contribution is 5.70. The molecule has 0 fully saturated rings. The number of aliphatic carboxylic acids is 1. The van der Waals surface area contributed by atoms with E-state index in [0.29, 0.717) is 0 Å². The molecule has 0 amide bonds. The van der Waals surface area contributed by atoms with Crippen LogP contribution in [0.5, 0.6) is 0 Å². The Bertz CT molecular complexity index is 280. The van der Waals surface area contributed by atoms with Gasteiger partial charge in [0.05, 0.1) is 6.42 Å². The standard InChI is InChI=1S/C10H13NO2.C2H6/c1-11-7-9-4-2-8(3-5-9)6-10(12)13;1-2/h2-5,11H,6-7H2,1H3,(H,12,13);1-2H3. The highest BCUT2D eigenvalue weighted by atomic mass is 16.4. The third-order valence-electron chi connectivity index (χ3n) is 1.76. The number of carboxylic acid groups (broad SMARTS) is 1. The van der Waals surface area contributed by atoms with Crippen LogP contribution in [0.25, 0.3) is 0 Å². The summed E-state index contributed by atoms with van der Waals surface area (Å²) < 4.78 is 0. The van der Waals surface area contributed by atoms with Gasteiger partial charge in [-0.3, -0.25) is 4.79 Å². The number of hydrogen-bond donors (Lipinski definition) is 2.